The fourth-order valence-electron chi connectivity index (χ4n) is 1.65. The summed E-state index contributed by atoms with van der Waals surface area (Å²) >= 11 is 0. The minimum atomic E-state index is -1.14. The van der Waals surface area contributed by atoms with Crippen LogP contribution in [0.5, 0.6) is 11.5 Å². The van der Waals surface area contributed by atoms with Gasteiger partial charge in [0.05, 0.1) is 13.0 Å². The van der Waals surface area contributed by atoms with Crippen LogP contribution >= 0.6 is 0 Å². The van der Waals surface area contributed by atoms with Crippen molar-refractivity contribution in [2.45, 2.75) is 19.4 Å². The molecule has 1 rings (SSSR count). The van der Waals surface area contributed by atoms with Gasteiger partial charge in [0.2, 0.25) is 0 Å². The Bertz CT molecular complexity index is 488. The van der Waals surface area contributed by atoms with E-state index >= 15 is 0 Å². The Morgan fingerprint density at radius 1 is 1.35 bits per heavy atom. The third-order valence-electron chi connectivity index (χ3n) is 2.55. The molecule has 1 unspecified atom stereocenters. The number of aliphatic carboxylic acids is 2. The number of benzene rings is 1. The van der Waals surface area contributed by atoms with Gasteiger partial charge < -0.3 is 25.4 Å². The molecule has 0 amide bonds. The second-order valence-electron chi connectivity index (χ2n) is 4.03. The van der Waals surface area contributed by atoms with E-state index in [0.29, 0.717) is 12.2 Å². The van der Waals surface area contributed by atoms with Gasteiger partial charge >= 0.3 is 11.9 Å². The first-order valence-corrected chi connectivity index (χ1v) is 6.09. The Morgan fingerprint density at radius 2 is 2.05 bits per heavy atom. The summed E-state index contributed by atoms with van der Waals surface area (Å²) in [4.78, 5) is 21.6. The quantitative estimate of drug-likeness (QED) is 0.562. The molecule has 20 heavy (non-hydrogen) atoms. The SMILES string of the molecule is CCOc1cc(C(NCCC(=O)O)C(=O)O)ccc1O. The molecule has 0 heterocycles. The van der Waals surface area contributed by atoms with Crippen molar-refractivity contribution in [1.82, 2.24) is 5.32 Å². The molecule has 0 saturated carbocycles. The second-order valence-corrected chi connectivity index (χ2v) is 4.03. The van der Waals surface area contributed by atoms with Gasteiger partial charge in [-0.3, -0.25) is 9.59 Å². The van der Waals surface area contributed by atoms with Crippen LogP contribution in [0.25, 0.3) is 0 Å². The van der Waals surface area contributed by atoms with Gasteiger partial charge in [-0.05, 0) is 24.6 Å². The van der Waals surface area contributed by atoms with Crippen molar-refractivity contribution in [3.05, 3.63) is 23.8 Å². The molecule has 7 nitrogen and oxygen atoms in total. The van der Waals surface area contributed by atoms with Crippen molar-refractivity contribution in [3.63, 3.8) is 0 Å². The number of carbonyl (C=O) groups is 2. The van der Waals surface area contributed by atoms with Crippen molar-refractivity contribution < 1.29 is 29.6 Å². The Hall–Kier alpha value is -2.28. The molecule has 1 atom stereocenters. The van der Waals surface area contributed by atoms with Crippen LogP contribution in [0.15, 0.2) is 18.2 Å². The first-order valence-electron chi connectivity index (χ1n) is 6.09. The molecule has 1 aromatic rings. The number of hydrogen-bond acceptors (Lipinski definition) is 5. The zero-order valence-corrected chi connectivity index (χ0v) is 11.0. The molecule has 0 spiro atoms. The summed E-state index contributed by atoms with van der Waals surface area (Å²) in [6.07, 6.45) is -0.180. The summed E-state index contributed by atoms with van der Waals surface area (Å²) in [5.74, 6) is -2.03. The minimum absolute atomic E-state index is 0.0249. The lowest BCUT2D eigenvalue weighted by molar-refractivity contribution is -0.141. The standard InChI is InChI=1S/C13H17NO6/c1-2-20-10-7-8(3-4-9(10)15)12(13(18)19)14-6-5-11(16)17/h3-4,7,12,14-15H,2,5-6H2,1H3,(H,16,17)(H,18,19). The summed E-state index contributed by atoms with van der Waals surface area (Å²) in [5.41, 5.74) is 0.379. The molecule has 0 aliphatic heterocycles. The number of hydrogen-bond donors (Lipinski definition) is 4. The van der Waals surface area contributed by atoms with Gasteiger partial charge in [-0.1, -0.05) is 6.07 Å². The summed E-state index contributed by atoms with van der Waals surface area (Å²) < 4.78 is 5.19. The lowest BCUT2D eigenvalue weighted by Crippen LogP contribution is -2.30. The van der Waals surface area contributed by atoms with Gasteiger partial charge in [-0.2, -0.15) is 0 Å². The number of carboxylic acids is 2. The highest BCUT2D eigenvalue weighted by Crippen LogP contribution is 2.29. The average molecular weight is 283 g/mol. The van der Waals surface area contributed by atoms with Gasteiger partial charge in [0.25, 0.3) is 0 Å². The summed E-state index contributed by atoms with van der Waals surface area (Å²) in [6, 6.07) is 3.15. The number of rotatable bonds is 8. The smallest absolute Gasteiger partial charge is 0.325 e. The lowest BCUT2D eigenvalue weighted by Gasteiger charge is -2.16. The van der Waals surface area contributed by atoms with Crippen molar-refractivity contribution in [2.24, 2.45) is 0 Å². The molecule has 1 aromatic carbocycles. The van der Waals surface area contributed by atoms with Crippen molar-refractivity contribution in [2.75, 3.05) is 13.2 Å². The van der Waals surface area contributed by atoms with Gasteiger partial charge in [0, 0.05) is 6.54 Å². The van der Waals surface area contributed by atoms with E-state index in [4.69, 9.17) is 14.9 Å². The van der Waals surface area contributed by atoms with E-state index in [1.807, 2.05) is 0 Å². The minimum Gasteiger partial charge on any atom is -0.504 e. The fourth-order valence-corrected chi connectivity index (χ4v) is 1.65. The first kappa shape index (κ1) is 15.8. The Morgan fingerprint density at radius 3 is 2.60 bits per heavy atom. The molecule has 0 aromatic heterocycles. The maximum Gasteiger partial charge on any atom is 0.325 e. The monoisotopic (exact) mass is 283 g/mol. The predicted octanol–water partition coefficient (Wildman–Crippen LogP) is 0.981. The van der Waals surface area contributed by atoms with Crippen molar-refractivity contribution in [1.29, 1.82) is 0 Å². The zero-order chi connectivity index (χ0) is 15.1. The number of carboxylic acid groups (broad SMARTS) is 2. The van der Waals surface area contributed by atoms with E-state index < -0.39 is 18.0 Å². The second kappa shape index (κ2) is 7.34. The highest BCUT2D eigenvalue weighted by molar-refractivity contribution is 5.76. The summed E-state index contributed by atoms with van der Waals surface area (Å²) in [6.45, 7) is 2.10. The maximum atomic E-state index is 11.2. The number of aromatic hydroxyl groups is 1. The van der Waals surface area contributed by atoms with E-state index in [2.05, 4.69) is 5.32 Å². The molecule has 0 fully saturated rings. The first-order chi connectivity index (χ1) is 9.45. The van der Waals surface area contributed by atoms with E-state index in [9.17, 15) is 14.7 Å². The molecule has 0 aliphatic rings. The van der Waals surface area contributed by atoms with Crippen molar-refractivity contribution in [3.8, 4) is 11.5 Å². The van der Waals surface area contributed by atoms with Crippen LogP contribution in [-0.4, -0.2) is 40.4 Å². The highest BCUT2D eigenvalue weighted by Gasteiger charge is 2.20. The van der Waals surface area contributed by atoms with Gasteiger partial charge in [-0.15, -0.1) is 0 Å². The lowest BCUT2D eigenvalue weighted by atomic mass is 10.1. The maximum absolute atomic E-state index is 11.2. The Balaban J connectivity index is 2.88. The number of ether oxygens (including phenoxy) is 1. The molecular formula is C13H17NO6. The van der Waals surface area contributed by atoms with E-state index in [-0.39, 0.29) is 24.5 Å². The molecule has 0 radical (unpaired) electrons. The third kappa shape index (κ3) is 4.43. The molecule has 0 saturated heterocycles. The van der Waals surface area contributed by atoms with Crippen LogP contribution in [0.2, 0.25) is 0 Å². The van der Waals surface area contributed by atoms with E-state index in [1.54, 1.807) is 6.92 Å². The van der Waals surface area contributed by atoms with Gasteiger partial charge in [0.1, 0.15) is 6.04 Å². The highest BCUT2D eigenvalue weighted by atomic mass is 16.5. The van der Waals surface area contributed by atoms with Gasteiger partial charge in [-0.25, -0.2) is 0 Å². The van der Waals surface area contributed by atoms with Gasteiger partial charge in [0.15, 0.2) is 11.5 Å². The summed E-state index contributed by atoms with van der Waals surface area (Å²) in [7, 11) is 0. The Kier molecular flexibility index (Phi) is 5.79. The molecule has 0 aliphatic carbocycles. The Labute approximate surface area is 115 Å². The average Bonchev–Trinajstić information content (AvgIpc) is 2.37. The van der Waals surface area contributed by atoms with E-state index in [0.717, 1.165) is 0 Å². The van der Waals surface area contributed by atoms with Crippen molar-refractivity contribution >= 4 is 11.9 Å². The molecule has 0 bridgehead atoms. The molecule has 7 heteroatoms. The van der Waals surface area contributed by atoms with Crippen LogP contribution in [0.4, 0.5) is 0 Å². The number of phenolic OH excluding ortho intramolecular Hbond substituents is 1. The number of phenols is 1. The fraction of sp³-hybridized carbons (Fsp3) is 0.385. The largest absolute Gasteiger partial charge is 0.504 e. The van der Waals surface area contributed by atoms with Crippen LogP contribution in [0, 0.1) is 0 Å². The number of nitrogens with one attached hydrogen (secondary N) is 1. The summed E-state index contributed by atoms with van der Waals surface area (Å²) in [5, 5.41) is 29.9. The molecule has 110 valence electrons. The van der Waals surface area contributed by atoms with Crippen LogP contribution in [0.1, 0.15) is 24.9 Å². The predicted molar refractivity (Wildman–Crippen MR) is 69.9 cm³/mol. The van der Waals surface area contributed by atoms with E-state index in [1.165, 1.54) is 18.2 Å². The van der Waals surface area contributed by atoms with Crippen LogP contribution in [-0.2, 0) is 9.59 Å². The third-order valence-corrected chi connectivity index (χ3v) is 2.55. The molecule has 4 N–H and O–H groups in total. The zero-order valence-electron chi connectivity index (χ0n) is 11.0. The molecular weight excluding hydrogens is 266 g/mol. The van der Waals surface area contributed by atoms with Crippen LogP contribution in [0.3, 0.4) is 0 Å². The van der Waals surface area contributed by atoms with Crippen LogP contribution < -0.4 is 10.1 Å². The topological polar surface area (TPSA) is 116 Å². The normalized spacial score (nSPS) is 11.8.